The van der Waals surface area contributed by atoms with Crippen LogP contribution in [0.4, 0.5) is 5.69 Å². The Morgan fingerprint density at radius 3 is 2.75 bits per heavy atom. The number of amides is 1. The van der Waals surface area contributed by atoms with E-state index >= 15 is 0 Å². The molecule has 1 amide bonds. The van der Waals surface area contributed by atoms with Crippen LogP contribution in [0.2, 0.25) is 0 Å². The molecular weight excluding hydrogens is 310 g/mol. The molecule has 0 unspecified atom stereocenters. The second-order valence-corrected chi connectivity index (χ2v) is 5.26. The number of carbonyl (C=O) groups is 1. The Morgan fingerprint density at radius 1 is 1.12 bits per heavy atom. The summed E-state index contributed by atoms with van der Waals surface area (Å²) in [5.74, 6) is 0.765. The molecule has 24 heavy (non-hydrogen) atoms. The first kappa shape index (κ1) is 14.2. The van der Waals surface area contributed by atoms with Crippen molar-refractivity contribution < 1.29 is 14.3 Å². The van der Waals surface area contributed by atoms with Crippen LogP contribution in [-0.4, -0.2) is 32.9 Å². The Hall–Kier alpha value is -3.42. The van der Waals surface area contributed by atoms with E-state index in [9.17, 15) is 4.79 Å². The van der Waals surface area contributed by atoms with Crippen LogP contribution in [0.15, 0.2) is 42.5 Å². The topological polar surface area (TPSA) is 91.2 Å². The Balaban J connectivity index is 1.52. The summed E-state index contributed by atoms with van der Waals surface area (Å²) < 4.78 is 10.5. The molecule has 0 saturated carbocycles. The van der Waals surface area contributed by atoms with E-state index in [4.69, 9.17) is 9.47 Å². The van der Waals surface area contributed by atoms with Gasteiger partial charge >= 0.3 is 0 Å². The van der Waals surface area contributed by atoms with Gasteiger partial charge in [-0.1, -0.05) is 17.7 Å². The number of benzene rings is 2. The minimum absolute atomic E-state index is 0.0201. The average molecular weight is 323 g/mol. The Morgan fingerprint density at radius 2 is 1.92 bits per heavy atom. The molecule has 8 heteroatoms. The monoisotopic (exact) mass is 323 g/mol. The Bertz CT molecular complexity index is 904. The number of rotatable bonds is 3. The summed E-state index contributed by atoms with van der Waals surface area (Å²) >= 11 is 0. The van der Waals surface area contributed by atoms with Crippen LogP contribution < -0.4 is 14.8 Å². The number of ether oxygens (including phenoxy) is 2. The molecule has 120 valence electrons. The van der Waals surface area contributed by atoms with Crippen molar-refractivity contribution in [2.45, 2.75) is 6.92 Å². The van der Waals surface area contributed by atoms with E-state index in [0.29, 0.717) is 17.2 Å². The minimum atomic E-state index is -0.452. The van der Waals surface area contributed by atoms with Crippen molar-refractivity contribution in [2.75, 3.05) is 12.1 Å². The second-order valence-electron chi connectivity index (χ2n) is 5.26. The second kappa shape index (κ2) is 5.65. The van der Waals surface area contributed by atoms with Crippen molar-refractivity contribution in [1.82, 2.24) is 20.2 Å². The number of aromatic nitrogens is 4. The molecule has 0 fully saturated rings. The van der Waals surface area contributed by atoms with Gasteiger partial charge in [0.25, 0.3) is 11.7 Å². The number of aryl methyl sites for hydroxylation is 1. The van der Waals surface area contributed by atoms with Crippen molar-refractivity contribution >= 4 is 11.6 Å². The maximum atomic E-state index is 12.3. The van der Waals surface area contributed by atoms with E-state index in [1.807, 2.05) is 31.2 Å². The molecule has 0 spiro atoms. The molecule has 0 atom stereocenters. The molecule has 2 heterocycles. The number of hydrogen-bond acceptors (Lipinski definition) is 6. The van der Waals surface area contributed by atoms with Crippen molar-refractivity contribution in [1.29, 1.82) is 0 Å². The van der Waals surface area contributed by atoms with Gasteiger partial charge in [-0.25, -0.2) is 0 Å². The third-order valence-electron chi connectivity index (χ3n) is 3.51. The molecule has 8 nitrogen and oxygen atoms in total. The largest absolute Gasteiger partial charge is 0.454 e. The summed E-state index contributed by atoms with van der Waals surface area (Å²) in [7, 11) is 0. The van der Waals surface area contributed by atoms with Crippen molar-refractivity contribution in [3.05, 3.63) is 53.9 Å². The first-order chi connectivity index (χ1) is 11.7. The average Bonchev–Trinajstić information content (AvgIpc) is 3.24. The highest BCUT2D eigenvalue weighted by molar-refractivity contribution is 6.01. The van der Waals surface area contributed by atoms with E-state index in [-0.39, 0.29) is 12.6 Å². The zero-order chi connectivity index (χ0) is 16.5. The van der Waals surface area contributed by atoms with E-state index < -0.39 is 5.91 Å². The molecule has 4 rings (SSSR count). The SMILES string of the molecule is Cc1ccc(-n2nnc(C(=O)Nc3ccc4c(c3)OCO4)n2)cc1. The lowest BCUT2D eigenvalue weighted by atomic mass is 10.2. The number of tetrazole rings is 1. The molecular formula is C16H13N5O3. The van der Waals surface area contributed by atoms with E-state index in [1.54, 1.807) is 18.2 Å². The van der Waals surface area contributed by atoms with Crippen molar-refractivity contribution in [2.24, 2.45) is 0 Å². The molecule has 0 radical (unpaired) electrons. The van der Waals surface area contributed by atoms with Crippen LogP contribution in [-0.2, 0) is 0 Å². The fourth-order valence-electron chi connectivity index (χ4n) is 2.25. The predicted molar refractivity (Wildman–Crippen MR) is 84.4 cm³/mol. The summed E-state index contributed by atoms with van der Waals surface area (Å²) in [4.78, 5) is 13.6. The van der Waals surface area contributed by atoms with Gasteiger partial charge in [-0.3, -0.25) is 4.79 Å². The van der Waals surface area contributed by atoms with Gasteiger partial charge in [-0.2, -0.15) is 0 Å². The van der Waals surface area contributed by atoms with Gasteiger partial charge in [0.05, 0.1) is 5.69 Å². The number of nitrogens with zero attached hydrogens (tertiary/aromatic N) is 4. The zero-order valence-electron chi connectivity index (χ0n) is 12.8. The molecule has 1 aromatic heterocycles. The lowest BCUT2D eigenvalue weighted by molar-refractivity contribution is 0.101. The first-order valence-electron chi connectivity index (χ1n) is 7.27. The molecule has 0 bridgehead atoms. The smallest absolute Gasteiger partial charge is 0.297 e. The Kier molecular flexibility index (Phi) is 3.34. The van der Waals surface area contributed by atoms with Crippen LogP contribution in [0.1, 0.15) is 16.2 Å². The number of anilines is 1. The van der Waals surface area contributed by atoms with Crippen LogP contribution in [0, 0.1) is 6.92 Å². The van der Waals surface area contributed by atoms with Gasteiger partial charge in [-0.05, 0) is 36.4 Å². The number of fused-ring (bicyclic) bond motifs is 1. The standard InChI is InChI=1S/C16H13N5O3/c1-10-2-5-12(6-3-10)21-19-15(18-20-21)16(22)17-11-4-7-13-14(8-11)24-9-23-13/h2-8H,9H2,1H3,(H,17,22). The van der Waals surface area contributed by atoms with Crippen molar-refractivity contribution in [3.8, 4) is 17.2 Å². The highest BCUT2D eigenvalue weighted by Crippen LogP contribution is 2.34. The van der Waals surface area contributed by atoms with Gasteiger partial charge in [0.1, 0.15) is 0 Å². The van der Waals surface area contributed by atoms with Gasteiger partial charge in [0, 0.05) is 11.8 Å². The predicted octanol–water partition coefficient (Wildman–Crippen LogP) is 1.95. The van der Waals surface area contributed by atoms with E-state index in [2.05, 4.69) is 20.7 Å². The summed E-state index contributed by atoms with van der Waals surface area (Å²) in [6.07, 6.45) is 0. The van der Waals surface area contributed by atoms with Gasteiger partial charge < -0.3 is 14.8 Å². The molecule has 2 aromatic carbocycles. The minimum Gasteiger partial charge on any atom is -0.454 e. The third kappa shape index (κ3) is 2.65. The first-order valence-corrected chi connectivity index (χ1v) is 7.27. The lowest BCUT2D eigenvalue weighted by Crippen LogP contribution is -2.14. The molecule has 1 aliphatic heterocycles. The number of carbonyl (C=O) groups excluding carboxylic acids is 1. The van der Waals surface area contributed by atoms with Crippen LogP contribution in [0.25, 0.3) is 5.69 Å². The Labute approximate surface area is 137 Å². The molecule has 0 saturated heterocycles. The van der Waals surface area contributed by atoms with Gasteiger partial charge in [-0.15, -0.1) is 15.0 Å². The quantitative estimate of drug-likeness (QED) is 0.792. The maximum Gasteiger partial charge on any atom is 0.297 e. The molecule has 1 N–H and O–H groups in total. The fourth-order valence-corrected chi connectivity index (χ4v) is 2.25. The summed E-state index contributed by atoms with van der Waals surface area (Å²) in [6, 6.07) is 12.7. The van der Waals surface area contributed by atoms with Crippen LogP contribution in [0.3, 0.4) is 0 Å². The van der Waals surface area contributed by atoms with Crippen molar-refractivity contribution in [3.63, 3.8) is 0 Å². The normalized spacial score (nSPS) is 12.2. The lowest BCUT2D eigenvalue weighted by Gasteiger charge is -2.03. The maximum absolute atomic E-state index is 12.3. The summed E-state index contributed by atoms with van der Waals surface area (Å²) in [5, 5.41) is 14.5. The van der Waals surface area contributed by atoms with Crippen LogP contribution >= 0.6 is 0 Å². The summed E-state index contributed by atoms with van der Waals surface area (Å²) in [5.41, 5.74) is 2.42. The molecule has 3 aromatic rings. The van der Waals surface area contributed by atoms with Gasteiger partial charge in [0.15, 0.2) is 11.5 Å². The number of nitrogens with one attached hydrogen (secondary N) is 1. The molecule has 1 aliphatic rings. The van der Waals surface area contributed by atoms with E-state index in [0.717, 1.165) is 11.3 Å². The molecule has 0 aliphatic carbocycles. The third-order valence-corrected chi connectivity index (χ3v) is 3.51. The van der Waals surface area contributed by atoms with Gasteiger partial charge in [0.2, 0.25) is 6.79 Å². The highest BCUT2D eigenvalue weighted by atomic mass is 16.7. The highest BCUT2D eigenvalue weighted by Gasteiger charge is 2.17. The zero-order valence-corrected chi connectivity index (χ0v) is 12.8. The van der Waals surface area contributed by atoms with E-state index in [1.165, 1.54) is 4.80 Å². The number of hydrogen-bond donors (Lipinski definition) is 1. The van der Waals surface area contributed by atoms with Crippen LogP contribution in [0.5, 0.6) is 11.5 Å². The summed E-state index contributed by atoms with van der Waals surface area (Å²) in [6.45, 7) is 2.17. The fraction of sp³-hybridized carbons (Fsp3) is 0.125.